The molecule has 0 amide bonds. The van der Waals surface area contributed by atoms with Crippen molar-refractivity contribution >= 4 is 21.9 Å². The molecule has 16 heavy (non-hydrogen) atoms. The lowest BCUT2D eigenvalue weighted by Gasteiger charge is -2.03. The molecule has 0 bridgehead atoms. The summed E-state index contributed by atoms with van der Waals surface area (Å²) in [5.74, 6) is -0.657. The molecule has 1 N–H and O–H groups in total. The van der Waals surface area contributed by atoms with E-state index < -0.39 is 5.97 Å². The molecule has 4 heteroatoms. The lowest BCUT2D eigenvalue weighted by molar-refractivity contribution is -0.139. The lowest BCUT2D eigenvalue weighted by Crippen LogP contribution is -2.04. The Morgan fingerprint density at radius 1 is 1.44 bits per heavy atom. The molecule has 0 aromatic heterocycles. The Kier molecular flexibility index (Phi) is 3.61. The summed E-state index contributed by atoms with van der Waals surface area (Å²) in [4.78, 5) is 10.6. The number of aliphatic carboxylic acids is 1. The van der Waals surface area contributed by atoms with Gasteiger partial charge in [0.25, 0.3) is 0 Å². The normalized spacial score (nSPS) is 23.1. The van der Waals surface area contributed by atoms with Crippen molar-refractivity contribution in [3.8, 4) is 0 Å². The predicted molar refractivity (Wildman–Crippen MR) is 63.0 cm³/mol. The molecule has 0 saturated heterocycles. The molecule has 1 fully saturated rings. The highest BCUT2D eigenvalue weighted by molar-refractivity contribution is 9.10. The Labute approximate surface area is 103 Å². The van der Waals surface area contributed by atoms with Gasteiger partial charge in [-0.3, -0.25) is 4.79 Å². The lowest BCUT2D eigenvalue weighted by atomic mass is 10.2. The molecule has 1 aromatic rings. The Bertz CT molecular complexity index is 374. The minimum Gasteiger partial charge on any atom is -0.481 e. The summed E-state index contributed by atoms with van der Waals surface area (Å²) >= 11 is 3.36. The van der Waals surface area contributed by atoms with Crippen LogP contribution in [-0.2, 0) is 16.1 Å². The third-order valence-electron chi connectivity index (χ3n) is 2.75. The van der Waals surface area contributed by atoms with Gasteiger partial charge in [0, 0.05) is 4.47 Å². The van der Waals surface area contributed by atoms with E-state index in [0.29, 0.717) is 13.2 Å². The van der Waals surface area contributed by atoms with Gasteiger partial charge in [0.15, 0.2) is 0 Å². The van der Waals surface area contributed by atoms with Gasteiger partial charge in [-0.05, 0) is 30.0 Å². The first-order chi connectivity index (χ1) is 7.66. The van der Waals surface area contributed by atoms with Gasteiger partial charge in [-0.1, -0.05) is 28.1 Å². The second kappa shape index (κ2) is 4.97. The van der Waals surface area contributed by atoms with E-state index in [4.69, 9.17) is 9.84 Å². The van der Waals surface area contributed by atoms with Crippen LogP contribution in [0, 0.1) is 11.8 Å². The fraction of sp³-hybridized carbons (Fsp3) is 0.417. The van der Waals surface area contributed by atoms with Crippen LogP contribution in [0.1, 0.15) is 12.0 Å². The quantitative estimate of drug-likeness (QED) is 0.904. The molecule has 0 radical (unpaired) electrons. The number of rotatable bonds is 5. The smallest absolute Gasteiger partial charge is 0.306 e. The van der Waals surface area contributed by atoms with Crippen molar-refractivity contribution in [1.82, 2.24) is 0 Å². The van der Waals surface area contributed by atoms with Crippen LogP contribution in [0.5, 0.6) is 0 Å². The largest absolute Gasteiger partial charge is 0.481 e. The first-order valence-electron chi connectivity index (χ1n) is 5.22. The summed E-state index contributed by atoms with van der Waals surface area (Å²) in [5, 5.41) is 8.71. The first kappa shape index (κ1) is 11.6. The molecule has 0 unspecified atom stereocenters. The topological polar surface area (TPSA) is 46.5 Å². The Morgan fingerprint density at radius 3 is 2.69 bits per heavy atom. The summed E-state index contributed by atoms with van der Waals surface area (Å²) in [6.45, 7) is 1.10. The van der Waals surface area contributed by atoms with Gasteiger partial charge in [-0.15, -0.1) is 0 Å². The van der Waals surface area contributed by atoms with Crippen LogP contribution in [0.25, 0.3) is 0 Å². The van der Waals surface area contributed by atoms with Gasteiger partial charge in [-0.2, -0.15) is 0 Å². The number of halogens is 1. The number of hydrogen-bond donors (Lipinski definition) is 1. The van der Waals surface area contributed by atoms with E-state index in [-0.39, 0.29) is 11.8 Å². The molecule has 3 nitrogen and oxygen atoms in total. The fourth-order valence-electron chi connectivity index (χ4n) is 1.64. The zero-order valence-corrected chi connectivity index (χ0v) is 10.3. The van der Waals surface area contributed by atoms with Crippen molar-refractivity contribution < 1.29 is 14.6 Å². The third-order valence-corrected chi connectivity index (χ3v) is 3.28. The summed E-state index contributed by atoms with van der Waals surface area (Å²) in [6, 6.07) is 7.92. The number of carboxylic acid groups (broad SMARTS) is 1. The van der Waals surface area contributed by atoms with Crippen LogP contribution >= 0.6 is 15.9 Å². The Balaban J connectivity index is 1.69. The van der Waals surface area contributed by atoms with Gasteiger partial charge in [-0.25, -0.2) is 0 Å². The summed E-state index contributed by atoms with van der Waals surface area (Å²) in [5.41, 5.74) is 1.11. The maximum atomic E-state index is 10.6. The van der Waals surface area contributed by atoms with Crippen LogP contribution in [0.3, 0.4) is 0 Å². The zero-order valence-electron chi connectivity index (χ0n) is 8.73. The average molecular weight is 285 g/mol. The molecule has 1 aliphatic rings. The maximum Gasteiger partial charge on any atom is 0.306 e. The number of benzene rings is 1. The molecule has 0 spiro atoms. The van der Waals surface area contributed by atoms with E-state index in [1.54, 1.807) is 0 Å². The highest BCUT2D eigenvalue weighted by Gasteiger charge is 2.43. The van der Waals surface area contributed by atoms with Crippen LogP contribution in [-0.4, -0.2) is 17.7 Å². The van der Waals surface area contributed by atoms with Crippen LogP contribution in [0.2, 0.25) is 0 Å². The molecule has 0 aliphatic heterocycles. The van der Waals surface area contributed by atoms with E-state index in [9.17, 15) is 4.79 Å². The van der Waals surface area contributed by atoms with Gasteiger partial charge >= 0.3 is 5.97 Å². The van der Waals surface area contributed by atoms with Gasteiger partial charge in [0.05, 0.1) is 19.1 Å². The molecule has 2 atom stereocenters. The Morgan fingerprint density at radius 2 is 2.12 bits per heavy atom. The SMILES string of the molecule is O=C(O)[C@@H]1C[C@H]1COCc1ccc(Br)cc1. The van der Waals surface area contributed by atoms with Crippen LogP contribution in [0.15, 0.2) is 28.7 Å². The second-order valence-corrected chi connectivity index (χ2v) is 5.00. The van der Waals surface area contributed by atoms with E-state index >= 15 is 0 Å². The molecule has 2 rings (SSSR count). The molecule has 1 aliphatic carbocycles. The van der Waals surface area contributed by atoms with Crippen molar-refractivity contribution in [2.24, 2.45) is 11.8 Å². The van der Waals surface area contributed by atoms with E-state index in [1.165, 1.54) is 0 Å². The Hall–Kier alpha value is -0.870. The van der Waals surface area contributed by atoms with Crippen LogP contribution < -0.4 is 0 Å². The number of hydrogen-bond acceptors (Lipinski definition) is 2. The molecular formula is C12H13BrO3. The standard InChI is InChI=1S/C12H13BrO3/c13-10-3-1-8(2-4-10)6-16-7-9-5-11(9)12(14)15/h1-4,9,11H,5-7H2,(H,14,15)/t9-,11+/m0/s1. The monoisotopic (exact) mass is 284 g/mol. The van der Waals surface area contributed by atoms with Crippen molar-refractivity contribution in [3.05, 3.63) is 34.3 Å². The van der Waals surface area contributed by atoms with Crippen molar-refractivity contribution in [3.63, 3.8) is 0 Å². The third kappa shape index (κ3) is 3.06. The average Bonchev–Trinajstić information content (AvgIpc) is 3.01. The van der Waals surface area contributed by atoms with Crippen molar-refractivity contribution in [1.29, 1.82) is 0 Å². The van der Waals surface area contributed by atoms with Gasteiger partial charge in [0.1, 0.15) is 0 Å². The van der Waals surface area contributed by atoms with Crippen LogP contribution in [0.4, 0.5) is 0 Å². The predicted octanol–water partition coefficient (Wildman–Crippen LogP) is 2.69. The molecule has 1 saturated carbocycles. The summed E-state index contributed by atoms with van der Waals surface area (Å²) in [6.07, 6.45) is 0.760. The van der Waals surface area contributed by atoms with Crippen molar-refractivity contribution in [2.75, 3.05) is 6.61 Å². The van der Waals surface area contributed by atoms with Gasteiger partial charge < -0.3 is 9.84 Å². The molecule has 0 heterocycles. The first-order valence-corrected chi connectivity index (χ1v) is 6.01. The van der Waals surface area contributed by atoms with E-state index in [1.807, 2.05) is 24.3 Å². The minimum atomic E-state index is -0.697. The maximum absolute atomic E-state index is 10.6. The van der Waals surface area contributed by atoms with Crippen molar-refractivity contribution in [2.45, 2.75) is 13.0 Å². The summed E-state index contributed by atoms with van der Waals surface area (Å²) in [7, 11) is 0. The number of carbonyl (C=O) groups is 1. The second-order valence-electron chi connectivity index (χ2n) is 4.08. The molecule has 1 aromatic carbocycles. The summed E-state index contributed by atoms with van der Waals surface area (Å²) < 4.78 is 6.53. The van der Waals surface area contributed by atoms with E-state index in [0.717, 1.165) is 16.5 Å². The number of ether oxygens (including phenoxy) is 1. The van der Waals surface area contributed by atoms with E-state index in [2.05, 4.69) is 15.9 Å². The molecule has 86 valence electrons. The fourth-order valence-corrected chi connectivity index (χ4v) is 1.91. The highest BCUT2D eigenvalue weighted by atomic mass is 79.9. The van der Waals surface area contributed by atoms with Gasteiger partial charge in [0.2, 0.25) is 0 Å². The number of carboxylic acids is 1. The minimum absolute atomic E-state index is 0.176. The zero-order chi connectivity index (χ0) is 11.5. The molecular weight excluding hydrogens is 272 g/mol. The highest BCUT2D eigenvalue weighted by Crippen LogP contribution is 2.38.